The number of amides is 2. The zero-order valence-corrected chi connectivity index (χ0v) is 13.9. The van der Waals surface area contributed by atoms with E-state index in [4.69, 9.17) is 0 Å². The third-order valence-corrected chi connectivity index (χ3v) is 4.11. The molecule has 0 spiro atoms. The minimum atomic E-state index is -0.140. The summed E-state index contributed by atoms with van der Waals surface area (Å²) in [6.45, 7) is 3.97. The second-order valence-electron chi connectivity index (χ2n) is 5.24. The van der Waals surface area contributed by atoms with Crippen molar-refractivity contribution < 1.29 is 4.79 Å². The molecule has 2 aromatic rings. The summed E-state index contributed by atoms with van der Waals surface area (Å²) in [4.78, 5) is 12.0. The lowest BCUT2D eigenvalue weighted by Crippen LogP contribution is -2.42. The molecule has 6 heteroatoms. The molecule has 0 saturated carbocycles. The minimum absolute atomic E-state index is 0.0722. The number of benzene rings is 1. The van der Waals surface area contributed by atoms with Crippen molar-refractivity contribution >= 4 is 17.8 Å². The number of rotatable bonds is 6. The molecule has 22 heavy (non-hydrogen) atoms. The highest BCUT2D eigenvalue weighted by molar-refractivity contribution is 7.98. The van der Waals surface area contributed by atoms with E-state index in [0.29, 0.717) is 0 Å². The molecule has 2 atom stereocenters. The Hall–Kier alpha value is -1.95. The second-order valence-corrected chi connectivity index (χ2v) is 6.15. The molecule has 1 aromatic carbocycles. The third kappa shape index (κ3) is 4.53. The van der Waals surface area contributed by atoms with Crippen LogP contribution < -0.4 is 10.6 Å². The van der Waals surface area contributed by atoms with E-state index in [9.17, 15) is 4.79 Å². The van der Waals surface area contributed by atoms with Gasteiger partial charge in [-0.2, -0.15) is 16.9 Å². The van der Waals surface area contributed by atoms with E-state index in [1.165, 1.54) is 0 Å². The predicted octanol–water partition coefficient (Wildman–Crippen LogP) is 2.98. The molecule has 0 bridgehead atoms. The zero-order valence-electron chi connectivity index (χ0n) is 13.1. The molecule has 0 unspecified atom stereocenters. The van der Waals surface area contributed by atoms with E-state index in [0.717, 1.165) is 17.0 Å². The van der Waals surface area contributed by atoms with Gasteiger partial charge in [0.05, 0.1) is 11.7 Å². The fraction of sp³-hybridized carbons (Fsp3) is 0.375. The normalized spacial score (nSPS) is 13.4. The van der Waals surface area contributed by atoms with Crippen LogP contribution in [0.1, 0.15) is 25.5 Å². The molecule has 0 saturated heterocycles. The van der Waals surface area contributed by atoms with Crippen LogP contribution in [0.2, 0.25) is 0 Å². The van der Waals surface area contributed by atoms with Gasteiger partial charge >= 0.3 is 6.03 Å². The lowest BCUT2D eigenvalue weighted by Gasteiger charge is -2.18. The van der Waals surface area contributed by atoms with Crippen molar-refractivity contribution in [3.63, 3.8) is 0 Å². The van der Waals surface area contributed by atoms with Gasteiger partial charge in [0.1, 0.15) is 0 Å². The first-order valence-electron chi connectivity index (χ1n) is 7.26. The fourth-order valence-corrected chi connectivity index (χ4v) is 2.78. The third-order valence-electron chi connectivity index (χ3n) is 3.28. The van der Waals surface area contributed by atoms with Crippen LogP contribution in [0.5, 0.6) is 0 Å². The highest BCUT2D eigenvalue weighted by Crippen LogP contribution is 2.16. The summed E-state index contributed by atoms with van der Waals surface area (Å²) in [6.07, 6.45) is 5.67. The number of urea groups is 1. The van der Waals surface area contributed by atoms with Gasteiger partial charge < -0.3 is 10.6 Å². The molecule has 2 rings (SSSR count). The zero-order chi connectivity index (χ0) is 15.9. The number of nitrogens with one attached hydrogen (secondary N) is 2. The van der Waals surface area contributed by atoms with Crippen molar-refractivity contribution in [1.29, 1.82) is 0 Å². The Kier molecular flexibility index (Phi) is 5.89. The van der Waals surface area contributed by atoms with E-state index in [1.54, 1.807) is 22.6 Å². The lowest BCUT2D eigenvalue weighted by molar-refractivity contribution is 0.235. The maximum absolute atomic E-state index is 12.0. The lowest BCUT2D eigenvalue weighted by atomic mass is 10.1. The molecular weight excluding hydrogens is 296 g/mol. The second kappa shape index (κ2) is 7.89. The van der Waals surface area contributed by atoms with Gasteiger partial charge in [0.25, 0.3) is 0 Å². The van der Waals surface area contributed by atoms with E-state index in [1.807, 2.05) is 56.6 Å². The first kappa shape index (κ1) is 16.4. The monoisotopic (exact) mass is 318 g/mol. The first-order valence-corrected chi connectivity index (χ1v) is 8.65. The molecule has 0 aliphatic carbocycles. The molecule has 118 valence electrons. The van der Waals surface area contributed by atoms with Crippen LogP contribution in [-0.2, 0) is 0 Å². The van der Waals surface area contributed by atoms with Gasteiger partial charge in [0.15, 0.2) is 0 Å². The maximum atomic E-state index is 12.0. The average molecular weight is 318 g/mol. The van der Waals surface area contributed by atoms with Crippen molar-refractivity contribution in [2.75, 3.05) is 12.0 Å². The number of nitrogens with zero attached hydrogens (tertiary/aromatic N) is 2. The van der Waals surface area contributed by atoms with Crippen molar-refractivity contribution in [2.24, 2.45) is 0 Å². The van der Waals surface area contributed by atoms with E-state index >= 15 is 0 Å². The standard InChI is InChI=1S/C16H22N4OS/c1-12(11-22-3)18-16(21)19-13(2)14-6-4-7-15(10-14)20-9-5-8-17-20/h4-10,12-13H,11H2,1-3H3,(H2,18,19,21)/t12-,13-/m0/s1. The number of hydrogen-bond donors (Lipinski definition) is 2. The molecule has 5 nitrogen and oxygen atoms in total. The molecule has 2 amide bonds. The van der Waals surface area contributed by atoms with Gasteiger partial charge in [-0.25, -0.2) is 9.48 Å². The van der Waals surface area contributed by atoms with Crippen LogP contribution in [0.25, 0.3) is 5.69 Å². The Morgan fingerprint density at radius 3 is 2.82 bits per heavy atom. The fourth-order valence-electron chi connectivity index (χ4n) is 2.20. The van der Waals surface area contributed by atoms with Crippen molar-refractivity contribution in [3.8, 4) is 5.69 Å². The summed E-state index contributed by atoms with van der Waals surface area (Å²) in [6, 6.07) is 9.82. The summed E-state index contributed by atoms with van der Waals surface area (Å²) in [5.41, 5.74) is 2.02. The van der Waals surface area contributed by atoms with Crippen LogP contribution in [-0.4, -0.2) is 33.9 Å². The Labute approximate surface area is 135 Å². The van der Waals surface area contributed by atoms with Crippen LogP contribution in [0.3, 0.4) is 0 Å². The molecule has 2 N–H and O–H groups in total. The quantitative estimate of drug-likeness (QED) is 0.861. The SMILES string of the molecule is CSC[C@H](C)NC(=O)N[C@@H](C)c1cccc(-n2cccn2)c1. The molecule has 0 aliphatic rings. The summed E-state index contributed by atoms with van der Waals surface area (Å²) in [5, 5.41) is 10.1. The summed E-state index contributed by atoms with van der Waals surface area (Å²) in [5.74, 6) is 0.899. The van der Waals surface area contributed by atoms with Gasteiger partial charge in [-0.3, -0.25) is 0 Å². The van der Waals surface area contributed by atoms with Crippen molar-refractivity contribution in [1.82, 2.24) is 20.4 Å². The predicted molar refractivity (Wildman–Crippen MR) is 91.5 cm³/mol. The molecule has 1 heterocycles. The summed E-state index contributed by atoms with van der Waals surface area (Å²) < 4.78 is 1.80. The first-order chi connectivity index (χ1) is 10.6. The molecule has 0 fully saturated rings. The van der Waals surface area contributed by atoms with Gasteiger partial charge in [0, 0.05) is 24.2 Å². The summed E-state index contributed by atoms with van der Waals surface area (Å²) >= 11 is 1.72. The van der Waals surface area contributed by atoms with Crippen LogP contribution in [0, 0.1) is 0 Å². The topological polar surface area (TPSA) is 59.0 Å². The smallest absolute Gasteiger partial charge is 0.315 e. The van der Waals surface area contributed by atoms with Crippen molar-refractivity contribution in [3.05, 3.63) is 48.3 Å². The van der Waals surface area contributed by atoms with E-state index in [-0.39, 0.29) is 18.1 Å². The molecular formula is C16H22N4OS. The van der Waals surface area contributed by atoms with Crippen LogP contribution in [0.15, 0.2) is 42.7 Å². The summed E-state index contributed by atoms with van der Waals surface area (Å²) in [7, 11) is 0. The van der Waals surface area contributed by atoms with Crippen molar-refractivity contribution in [2.45, 2.75) is 25.9 Å². The Morgan fingerprint density at radius 1 is 1.32 bits per heavy atom. The van der Waals surface area contributed by atoms with Gasteiger partial charge in [-0.05, 0) is 43.9 Å². The Bertz CT molecular complexity index is 600. The maximum Gasteiger partial charge on any atom is 0.315 e. The van der Waals surface area contributed by atoms with Gasteiger partial charge in [0.2, 0.25) is 0 Å². The number of thioether (sulfide) groups is 1. The highest BCUT2D eigenvalue weighted by Gasteiger charge is 2.12. The minimum Gasteiger partial charge on any atom is -0.335 e. The number of carbonyl (C=O) groups is 1. The Balaban J connectivity index is 1.99. The number of hydrogen-bond acceptors (Lipinski definition) is 3. The largest absolute Gasteiger partial charge is 0.335 e. The van der Waals surface area contributed by atoms with E-state index < -0.39 is 0 Å². The van der Waals surface area contributed by atoms with Gasteiger partial charge in [-0.1, -0.05) is 12.1 Å². The van der Waals surface area contributed by atoms with Gasteiger partial charge in [-0.15, -0.1) is 0 Å². The highest BCUT2D eigenvalue weighted by atomic mass is 32.2. The van der Waals surface area contributed by atoms with Crippen LogP contribution >= 0.6 is 11.8 Å². The number of carbonyl (C=O) groups excluding carboxylic acids is 1. The van der Waals surface area contributed by atoms with E-state index in [2.05, 4.69) is 15.7 Å². The van der Waals surface area contributed by atoms with Crippen LogP contribution in [0.4, 0.5) is 4.79 Å². The molecule has 0 aliphatic heterocycles. The average Bonchev–Trinajstić information content (AvgIpc) is 3.01. The molecule has 0 radical (unpaired) electrons. The Morgan fingerprint density at radius 2 is 2.14 bits per heavy atom. The molecule has 1 aromatic heterocycles. The number of aromatic nitrogens is 2.